The largest absolute Gasteiger partial charge is 0.485 e. The highest BCUT2D eigenvalue weighted by Gasteiger charge is 2.32. The van der Waals surface area contributed by atoms with Crippen molar-refractivity contribution in [3.05, 3.63) is 97.1 Å². The van der Waals surface area contributed by atoms with Gasteiger partial charge in [0.25, 0.3) is 5.91 Å². The van der Waals surface area contributed by atoms with Gasteiger partial charge in [0.1, 0.15) is 12.4 Å². The van der Waals surface area contributed by atoms with Crippen LogP contribution < -0.4 is 14.4 Å². The quantitative estimate of drug-likeness (QED) is 0.527. The van der Waals surface area contributed by atoms with Gasteiger partial charge in [-0.25, -0.2) is 4.98 Å². The second-order valence-electron chi connectivity index (χ2n) is 7.24. The van der Waals surface area contributed by atoms with Crippen LogP contribution in [0.2, 0.25) is 0 Å². The Kier molecular flexibility index (Phi) is 5.10. The Morgan fingerprint density at radius 1 is 0.968 bits per heavy atom. The maximum atomic E-state index is 13.6. The van der Waals surface area contributed by atoms with Gasteiger partial charge in [0.2, 0.25) is 6.10 Å². The van der Waals surface area contributed by atoms with Crippen molar-refractivity contribution in [2.45, 2.75) is 12.6 Å². The van der Waals surface area contributed by atoms with E-state index >= 15 is 0 Å². The van der Waals surface area contributed by atoms with Crippen LogP contribution in [0.25, 0.3) is 11.1 Å². The van der Waals surface area contributed by atoms with Gasteiger partial charge in [-0.2, -0.15) is 0 Å². The number of nitrogens with zero attached hydrogens (tertiary/aromatic N) is 2. The summed E-state index contributed by atoms with van der Waals surface area (Å²) in [6, 6.07) is 25.4. The summed E-state index contributed by atoms with van der Waals surface area (Å²) in [5.41, 5.74) is 2.88. The number of hydrogen-bond acceptors (Lipinski definition) is 4. The van der Waals surface area contributed by atoms with E-state index in [1.54, 1.807) is 17.3 Å². The van der Waals surface area contributed by atoms with Gasteiger partial charge < -0.3 is 19.4 Å². The molecule has 0 radical (unpaired) electrons. The molecule has 6 heteroatoms. The van der Waals surface area contributed by atoms with E-state index in [2.05, 4.69) is 9.97 Å². The lowest BCUT2D eigenvalue weighted by atomic mass is 10.0. The molecular formula is C25H21N3O3. The Morgan fingerprint density at radius 3 is 2.55 bits per heavy atom. The monoisotopic (exact) mass is 411 g/mol. The number of carbonyl (C=O) groups is 1. The molecule has 5 rings (SSSR count). The van der Waals surface area contributed by atoms with Gasteiger partial charge in [-0.15, -0.1) is 0 Å². The third kappa shape index (κ3) is 4.00. The number of rotatable bonds is 5. The van der Waals surface area contributed by atoms with Gasteiger partial charge in [0.15, 0.2) is 11.5 Å². The zero-order valence-electron chi connectivity index (χ0n) is 16.8. The number of para-hydroxylation sites is 2. The number of anilines is 1. The van der Waals surface area contributed by atoms with Crippen LogP contribution in [0.3, 0.4) is 0 Å². The lowest BCUT2D eigenvalue weighted by Crippen LogP contribution is -2.46. The van der Waals surface area contributed by atoms with Crippen LogP contribution in [0.5, 0.6) is 11.5 Å². The van der Waals surface area contributed by atoms with Gasteiger partial charge in [-0.3, -0.25) is 4.79 Å². The summed E-state index contributed by atoms with van der Waals surface area (Å²) in [6.07, 6.45) is 2.68. The fourth-order valence-corrected chi connectivity index (χ4v) is 3.63. The second-order valence-corrected chi connectivity index (χ2v) is 7.24. The zero-order chi connectivity index (χ0) is 21.0. The number of imidazole rings is 1. The normalized spacial score (nSPS) is 14.8. The van der Waals surface area contributed by atoms with Gasteiger partial charge in [0, 0.05) is 18.1 Å². The van der Waals surface area contributed by atoms with E-state index < -0.39 is 6.10 Å². The molecule has 0 spiro atoms. The van der Waals surface area contributed by atoms with Crippen molar-refractivity contribution in [1.29, 1.82) is 0 Å². The van der Waals surface area contributed by atoms with E-state index in [0.29, 0.717) is 23.9 Å². The first-order valence-electron chi connectivity index (χ1n) is 10.1. The summed E-state index contributed by atoms with van der Waals surface area (Å²) in [7, 11) is 0. The lowest BCUT2D eigenvalue weighted by molar-refractivity contribution is -0.127. The van der Waals surface area contributed by atoms with Crippen molar-refractivity contribution < 1.29 is 14.3 Å². The SMILES string of the molecule is O=C([C@@H]1COc2ccccc2O1)N(Cc1ncc[nH]1)c1cccc(-c2ccccc2)c1. The van der Waals surface area contributed by atoms with Crippen molar-refractivity contribution >= 4 is 11.6 Å². The number of nitrogens with one attached hydrogen (secondary N) is 1. The molecule has 0 bridgehead atoms. The molecule has 0 unspecified atom stereocenters. The summed E-state index contributed by atoms with van der Waals surface area (Å²) in [4.78, 5) is 22.6. The van der Waals surface area contributed by atoms with Crippen LogP contribution in [0.4, 0.5) is 5.69 Å². The van der Waals surface area contributed by atoms with Crippen molar-refractivity contribution in [3.8, 4) is 22.6 Å². The highest BCUT2D eigenvalue weighted by Crippen LogP contribution is 2.32. The molecule has 0 aliphatic carbocycles. The van der Waals surface area contributed by atoms with E-state index in [-0.39, 0.29) is 12.5 Å². The van der Waals surface area contributed by atoms with Crippen LogP contribution in [-0.2, 0) is 11.3 Å². The minimum absolute atomic E-state index is 0.156. The number of fused-ring (bicyclic) bond motifs is 1. The average molecular weight is 411 g/mol. The Bertz CT molecular complexity index is 1180. The molecule has 2 heterocycles. The molecule has 1 aromatic heterocycles. The Balaban J connectivity index is 1.47. The smallest absolute Gasteiger partial charge is 0.272 e. The molecule has 3 aromatic carbocycles. The van der Waals surface area contributed by atoms with E-state index in [9.17, 15) is 4.79 Å². The van der Waals surface area contributed by atoms with Crippen LogP contribution >= 0.6 is 0 Å². The van der Waals surface area contributed by atoms with Gasteiger partial charge in [-0.1, -0.05) is 54.6 Å². The Labute approximate surface area is 180 Å². The maximum Gasteiger partial charge on any atom is 0.272 e. The number of H-pyrrole nitrogens is 1. The molecule has 4 aromatic rings. The van der Waals surface area contributed by atoms with Gasteiger partial charge >= 0.3 is 0 Å². The van der Waals surface area contributed by atoms with Crippen LogP contribution in [0.1, 0.15) is 5.82 Å². The van der Waals surface area contributed by atoms with Crippen molar-refractivity contribution in [2.24, 2.45) is 0 Å². The highest BCUT2D eigenvalue weighted by atomic mass is 16.6. The van der Waals surface area contributed by atoms with Crippen molar-refractivity contribution in [1.82, 2.24) is 9.97 Å². The van der Waals surface area contributed by atoms with Crippen LogP contribution in [0, 0.1) is 0 Å². The van der Waals surface area contributed by atoms with Gasteiger partial charge in [0.05, 0.1) is 6.54 Å². The van der Waals surface area contributed by atoms with Gasteiger partial charge in [-0.05, 0) is 35.4 Å². The van der Waals surface area contributed by atoms with E-state index in [1.807, 2.05) is 78.9 Å². The third-order valence-corrected chi connectivity index (χ3v) is 5.18. The molecule has 0 saturated heterocycles. The Hall–Kier alpha value is -4.06. The average Bonchev–Trinajstić information content (AvgIpc) is 3.36. The number of carbonyl (C=O) groups excluding carboxylic acids is 1. The first kappa shape index (κ1) is 18.9. The second kappa shape index (κ2) is 8.36. The molecule has 1 atom stereocenters. The summed E-state index contributed by atoms with van der Waals surface area (Å²) in [6.45, 7) is 0.453. The number of aromatic amines is 1. The number of aromatic nitrogens is 2. The molecule has 154 valence electrons. The molecule has 0 saturated carbocycles. The fraction of sp³-hybridized carbons (Fsp3) is 0.120. The lowest BCUT2D eigenvalue weighted by Gasteiger charge is -2.30. The molecule has 1 aliphatic rings. The molecule has 1 amide bonds. The zero-order valence-corrected chi connectivity index (χ0v) is 16.8. The summed E-state index contributed by atoms with van der Waals surface area (Å²) in [5, 5.41) is 0. The van der Waals surface area contributed by atoms with E-state index in [0.717, 1.165) is 16.8 Å². The van der Waals surface area contributed by atoms with Crippen molar-refractivity contribution in [3.63, 3.8) is 0 Å². The first-order valence-corrected chi connectivity index (χ1v) is 10.1. The summed E-state index contributed by atoms with van der Waals surface area (Å²) in [5.74, 6) is 1.73. The molecular weight excluding hydrogens is 390 g/mol. The summed E-state index contributed by atoms with van der Waals surface area (Å²) >= 11 is 0. The first-order chi connectivity index (χ1) is 15.3. The third-order valence-electron chi connectivity index (χ3n) is 5.18. The predicted molar refractivity (Wildman–Crippen MR) is 118 cm³/mol. The fourth-order valence-electron chi connectivity index (χ4n) is 3.63. The number of benzene rings is 3. The Morgan fingerprint density at radius 2 is 1.74 bits per heavy atom. The standard InChI is InChI=1S/C25H21N3O3/c29-25(23-17-30-21-11-4-5-12-22(21)31-23)28(16-24-26-13-14-27-24)20-10-6-9-19(15-20)18-7-2-1-3-8-18/h1-15,23H,16-17H2,(H,26,27)/t23-/m0/s1. The number of hydrogen-bond donors (Lipinski definition) is 1. The van der Waals surface area contributed by atoms with Crippen LogP contribution in [0.15, 0.2) is 91.3 Å². The number of ether oxygens (including phenoxy) is 2. The van der Waals surface area contributed by atoms with E-state index in [1.165, 1.54) is 0 Å². The highest BCUT2D eigenvalue weighted by molar-refractivity contribution is 5.97. The van der Waals surface area contributed by atoms with Crippen molar-refractivity contribution in [2.75, 3.05) is 11.5 Å². The minimum Gasteiger partial charge on any atom is -0.485 e. The van der Waals surface area contributed by atoms with Crippen LogP contribution in [-0.4, -0.2) is 28.6 Å². The predicted octanol–water partition coefficient (Wildman–Crippen LogP) is 4.45. The molecule has 0 fully saturated rings. The van der Waals surface area contributed by atoms with E-state index in [4.69, 9.17) is 9.47 Å². The topological polar surface area (TPSA) is 67.5 Å². The minimum atomic E-state index is -0.745. The molecule has 1 N–H and O–H groups in total. The molecule has 6 nitrogen and oxygen atoms in total. The maximum absolute atomic E-state index is 13.6. The number of amides is 1. The molecule has 1 aliphatic heterocycles. The summed E-state index contributed by atoms with van der Waals surface area (Å²) < 4.78 is 11.8. The molecule has 31 heavy (non-hydrogen) atoms.